The molecular formula is C9H12O2. The largest absolute Gasteiger partial charge is 0.465 e. The molecule has 0 aliphatic rings. The molecule has 0 radical (unpaired) electrons. The molecule has 0 aromatic rings. The van der Waals surface area contributed by atoms with Gasteiger partial charge in [-0.25, -0.2) is 4.79 Å². The fourth-order valence-electron chi connectivity index (χ4n) is 0.482. The summed E-state index contributed by atoms with van der Waals surface area (Å²) in [4.78, 5) is 10.7. The van der Waals surface area contributed by atoms with Crippen molar-refractivity contribution in [2.24, 2.45) is 0 Å². The minimum atomic E-state index is -0.397. The van der Waals surface area contributed by atoms with Gasteiger partial charge in [-0.3, -0.25) is 0 Å². The smallest absolute Gasteiger partial charge is 0.337 e. The number of rotatable bonds is 3. The molecule has 60 valence electrons. The minimum Gasteiger partial charge on any atom is -0.465 e. The zero-order chi connectivity index (χ0) is 8.69. The van der Waals surface area contributed by atoms with Gasteiger partial charge >= 0.3 is 5.97 Å². The zero-order valence-electron chi connectivity index (χ0n) is 6.83. The quantitative estimate of drug-likeness (QED) is 0.350. The molecule has 11 heavy (non-hydrogen) atoms. The molecule has 0 rings (SSSR count). The molecule has 0 saturated heterocycles. The van der Waals surface area contributed by atoms with Crippen LogP contribution in [0.25, 0.3) is 0 Å². The van der Waals surface area contributed by atoms with E-state index < -0.39 is 5.97 Å². The summed E-state index contributed by atoms with van der Waals surface area (Å²) in [6.45, 7) is 5.40. The number of carbonyl (C=O) groups is 1. The first-order chi connectivity index (χ1) is 5.22. The van der Waals surface area contributed by atoms with Gasteiger partial charge in [0.25, 0.3) is 0 Å². The van der Waals surface area contributed by atoms with Crippen molar-refractivity contribution in [2.75, 3.05) is 7.11 Å². The van der Waals surface area contributed by atoms with E-state index in [1.807, 2.05) is 19.1 Å². The van der Waals surface area contributed by atoms with Crippen LogP contribution in [0.2, 0.25) is 0 Å². The summed E-state index contributed by atoms with van der Waals surface area (Å²) >= 11 is 0. The van der Waals surface area contributed by atoms with E-state index >= 15 is 0 Å². The predicted molar refractivity (Wildman–Crippen MR) is 45.1 cm³/mol. The van der Waals surface area contributed by atoms with E-state index in [1.165, 1.54) is 7.11 Å². The van der Waals surface area contributed by atoms with Gasteiger partial charge in [-0.1, -0.05) is 24.8 Å². The van der Waals surface area contributed by atoms with Gasteiger partial charge in [-0.15, -0.1) is 0 Å². The predicted octanol–water partition coefficient (Wildman–Crippen LogP) is 1.85. The molecule has 0 atom stereocenters. The van der Waals surface area contributed by atoms with Gasteiger partial charge in [0.05, 0.1) is 12.7 Å². The summed E-state index contributed by atoms with van der Waals surface area (Å²) in [5.41, 5.74) is 0.352. The van der Waals surface area contributed by atoms with Crippen molar-refractivity contribution >= 4 is 5.97 Å². The van der Waals surface area contributed by atoms with Crippen molar-refractivity contribution in [1.29, 1.82) is 0 Å². The first-order valence-corrected chi connectivity index (χ1v) is 3.29. The average Bonchev–Trinajstić information content (AvgIpc) is 2.03. The fraction of sp³-hybridized carbons (Fsp3) is 0.222. The monoisotopic (exact) mass is 152 g/mol. The normalized spacial score (nSPS) is 10.7. The van der Waals surface area contributed by atoms with Crippen LogP contribution in [0.1, 0.15) is 6.92 Å². The molecule has 0 aromatic carbocycles. The SMILES string of the molecule is C=C(/C=C\C=C/C)C(=O)OC. The maximum Gasteiger partial charge on any atom is 0.337 e. The van der Waals surface area contributed by atoms with Gasteiger partial charge in [0.1, 0.15) is 0 Å². The van der Waals surface area contributed by atoms with Crippen molar-refractivity contribution in [3.63, 3.8) is 0 Å². The molecule has 0 unspecified atom stereocenters. The Kier molecular flexibility index (Phi) is 4.82. The third-order valence-electron chi connectivity index (χ3n) is 1.05. The van der Waals surface area contributed by atoms with Gasteiger partial charge in [0, 0.05) is 0 Å². The second-order valence-corrected chi connectivity index (χ2v) is 1.90. The van der Waals surface area contributed by atoms with Crippen LogP contribution in [0.3, 0.4) is 0 Å². The van der Waals surface area contributed by atoms with Crippen LogP contribution >= 0.6 is 0 Å². The van der Waals surface area contributed by atoms with E-state index in [0.717, 1.165) is 0 Å². The average molecular weight is 152 g/mol. The summed E-state index contributed by atoms with van der Waals surface area (Å²) in [7, 11) is 1.33. The lowest BCUT2D eigenvalue weighted by Crippen LogP contribution is -2.00. The second kappa shape index (κ2) is 5.47. The van der Waals surface area contributed by atoms with Gasteiger partial charge in [0.2, 0.25) is 0 Å². The lowest BCUT2D eigenvalue weighted by Gasteiger charge is -1.94. The van der Waals surface area contributed by atoms with Gasteiger partial charge in [-0.05, 0) is 13.0 Å². The van der Waals surface area contributed by atoms with E-state index in [9.17, 15) is 4.79 Å². The second-order valence-electron chi connectivity index (χ2n) is 1.90. The number of hydrogen-bond donors (Lipinski definition) is 0. The van der Waals surface area contributed by atoms with Gasteiger partial charge < -0.3 is 4.74 Å². The van der Waals surface area contributed by atoms with Crippen LogP contribution in [0.15, 0.2) is 36.5 Å². The molecule has 0 saturated carbocycles. The Bertz CT molecular complexity index is 200. The van der Waals surface area contributed by atoms with Crippen molar-refractivity contribution < 1.29 is 9.53 Å². The Balaban J connectivity index is 3.97. The lowest BCUT2D eigenvalue weighted by molar-refractivity contribution is -0.135. The van der Waals surface area contributed by atoms with Crippen molar-refractivity contribution in [3.05, 3.63) is 36.5 Å². The Morgan fingerprint density at radius 1 is 1.45 bits per heavy atom. The Morgan fingerprint density at radius 3 is 2.55 bits per heavy atom. The highest BCUT2D eigenvalue weighted by molar-refractivity contribution is 5.90. The molecule has 0 fully saturated rings. The maximum absolute atomic E-state index is 10.7. The molecule has 0 aliphatic heterocycles. The first-order valence-electron chi connectivity index (χ1n) is 3.29. The molecule has 0 spiro atoms. The van der Waals surface area contributed by atoms with Crippen LogP contribution in [0.4, 0.5) is 0 Å². The zero-order valence-corrected chi connectivity index (χ0v) is 6.83. The van der Waals surface area contributed by atoms with E-state index in [0.29, 0.717) is 5.57 Å². The minimum absolute atomic E-state index is 0.352. The number of methoxy groups -OCH3 is 1. The van der Waals surface area contributed by atoms with Gasteiger partial charge in [-0.2, -0.15) is 0 Å². The first kappa shape index (κ1) is 9.69. The van der Waals surface area contributed by atoms with Crippen LogP contribution in [0, 0.1) is 0 Å². The highest BCUT2D eigenvalue weighted by Gasteiger charge is 1.99. The molecule has 0 heterocycles. The van der Waals surface area contributed by atoms with E-state index in [4.69, 9.17) is 0 Å². The Morgan fingerprint density at radius 2 is 2.09 bits per heavy atom. The summed E-state index contributed by atoms with van der Waals surface area (Å²) in [5, 5.41) is 0. The molecule has 0 amide bonds. The topological polar surface area (TPSA) is 26.3 Å². The molecular weight excluding hydrogens is 140 g/mol. The van der Waals surface area contributed by atoms with Crippen LogP contribution < -0.4 is 0 Å². The molecule has 0 N–H and O–H groups in total. The Hall–Kier alpha value is -1.31. The van der Waals surface area contributed by atoms with Crippen molar-refractivity contribution in [3.8, 4) is 0 Å². The third-order valence-corrected chi connectivity index (χ3v) is 1.05. The molecule has 0 aromatic heterocycles. The van der Waals surface area contributed by atoms with Crippen LogP contribution in [-0.2, 0) is 9.53 Å². The lowest BCUT2D eigenvalue weighted by atomic mass is 10.3. The number of esters is 1. The Labute approximate surface area is 66.9 Å². The van der Waals surface area contributed by atoms with E-state index in [2.05, 4.69) is 11.3 Å². The number of ether oxygens (including phenoxy) is 1. The molecule has 2 heteroatoms. The molecule has 0 bridgehead atoms. The van der Waals surface area contributed by atoms with Gasteiger partial charge in [0.15, 0.2) is 0 Å². The third kappa shape index (κ3) is 4.14. The summed E-state index contributed by atoms with van der Waals surface area (Å²) in [6.07, 6.45) is 7.01. The number of hydrogen-bond acceptors (Lipinski definition) is 2. The molecule has 0 aliphatic carbocycles. The number of allylic oxidation sites excluding steroid dienone is 3. The highest BCUT2D eigenvalue weighted by Crippen LogP contribution is 1.95. The van der Waals surface area contributed by atoms with E-state index in [1.54, 1.807) is 12.2 Å². The maximum atomic E-state index is 10.7. The van der Waals surface area contributed by atoms with Crippen LogP contribution in [-0.4, -0.2) is 13.1 Å². The summed E-state index contributed by atoms with van der Waals surface area (Å²) in [5.74, 6) is -0.397. The summed E-state index contributed by atoms with van der Waals surface area (Å²) in [6, 6.07) is 0. The van der Waals surface area contributed by atoms with Crippen LogP contribution in [0.5, 0.6) is 0 Å². The highest BCUT2D eigenvalue weighted by atomic mass is 16.5. The van der Waals surface area contributed by atoms with Crippen molar-refractivity contribution in [1.82, 2.24) is 0 Å². The van der Waals surface area contributed by atoms with E-state index in [-0.39, 0.29) is 0 Å². The fourth-order valence-corrected chi connectivity index (χ4v) is 0.482. The standard InChI is InChI=1S/C9H12O2/c1-4-5-6-7-8(2)9(10)11-3/h4-7H,2H2,1,3H3/b5-4-,7-6-. The number of carbonyl (C=O) groups excluding carboxylic acids is 1. The summed E-state index contributed by atoms with van der Waals surface area (Å²) < 4.78 is 4.43. The van der Waals surface area contributed by atoms with Crippen molar-refractivity contribution in [2.45, 2.75) is 6.92 Å². The molecule has 2 nitrogen and oxygen atoms in total.